The lowest BCUT2D eigenvalue weighted by molar-refractivity contribution is -0.117. The molecule has 0 aromatic carbocycles. The fourth-order valence-electron chi connectivity index (χ4n) is 3.10. The van der Waals surface area contributed by atoms with Gasteiger partial charge in [-0.25, -0.2) is 0 Å². The predicted octanol–water partition coefficient (Wildman–Crippen LogP) is 6.88. The first-order chi connectivity index (χ1) is 10.3. The minimum absolute atomic E-state index is 0.325. The number of carbonyl (C=O) groups excluding carboxylic acids is 1. The Kier molecular flexibility index (Phi) is 12.2. The van der Waals surface area contributed by atoms with Gasteiger partial charge in [-0.15, -0.1) is 0 Å². The van der Waals surface area contributed by atoms with E-state index < -0.39 is 0 Å². The molecule has 0 aromatic rings. The van der Waals surface area contributed by atoms with Crippen molar-refractivity contribution in [2.24, 2.45) is 11.8 Å². The zero-order chi connectivity index (χ0) is 17.0. The van der Waals surface area contributed by atoms with Gasteiger partial charge in [0.05, 0.1) is 0 Å². The van der Waals surface area contributed by atoms with Crippen LogP contribution < -0.4 is 0 Å². The van der Waals surface area contributed by atoms with Gasteiger partial charge in [-0.3, -0.25) is 0 Å². The van der Waals surface area contributed by atoms with E-state index in [4.69, 9.17) is 0 Å². The highest BCUT2D eigenvalue weighted by Gasteiger charge is 2.20. The second kappa shape index (κ2) is 12.7. The summed E-state index contributed by atoms with van der Waals surface area (Å²) in [4.78, 5) is 10.4. The smallest absolute Gasteiger partial charge is 0.129 e. The van der Waals surface area contributed by atoms with Crippen LogP contribution in [0.3, 0.4) is 0 Å². The summed E-state index contributed by atoms with van der Waals surface area (Å²) in [5.41, 5.74) is 2.95. The summed E-state index contributed by atoms with van der Waals surface area (Å²) >= 11 is 0. The van der Waals surface area contributed by atoms with Crippen molar-refractivity contribution in [3.63, 3.8) is 0 Å². The number of allylic oxidation sites excluding steroid dienone is 4. The molecule has 0 N–H and O–H groups in total. The van der Waals surface area contributed by atoms with Gasteiger partial charge in [0.2, 0.25) is 0 Å². The Balaban J connectivity index is 0.000000433. The normalized spacial score (nSPS) is 19.9. The average molecular weight is 307 g/mol. The van der Waals surface area contributed by atoms with Crippen molar-refractivity contribution in [3.05, 3.63) is 23.3 Å². The second-order valence-electron chi connectivity index (χ2n) is 7.33. The maximum Gasteiger partial charge on any atom is 0.129 e. The first-order valence-corrected chi connectivity index (χ1v) is 9.14. The molecule has 0 saturated heterocycles. The third-order valence-corrected chi connectivity index (χ3v) is 4.03. The third kappa shape index (κ3) is 12.9. The van der Waals surface area contributed by atoms with E-state index in [1.807, 2.05) is 0 Å². The zero-order valence-electron chi connectivity index (χ0n) is 15.9. The van der Waals surface area contributed by atoms with E-state index >= 15 is 0 Å². The van der Waals surface area contributed by atoms with Gasteiger partial charge in [0, 0.05) is 6.42 Å². The molecule has 22 heavy (non-hydrogen) atoms. The number of hydrogen-bond donors (Lipinski definition) is 0. The van der Waals surface area contributed by atoms with Crippen molar-refractivity contribution in [1.29, 1.82) is 0 Å². The molecule has 0 heterocycles. The highest BCUT2D eigenvalue weighted by atomic mass is 16.1. The minimum atomic E-state index is 0.325. The van der Waals surface area contributed by atoms with Gasteiger partial charge < -0.3 is 4.79 Å². The topological polar surface area (TPSA) is 17.1 Å². The molecule has 0 spiro atoms. The molecule has 1 aliphatic carbocycles. The van der Waals surface area contributed by atoms with Gasteiger partial charge in [-0.2, -0.15) is 0 Å². The monoisotopic (exact) mass is 306 g/mol. The van der Waals surface area contributed by atoms with Gasteiger partial charge in [-0.1, -0.05) is 49.5 Å². The fourth-order valence-corrected chi connectivity index (χ4v) is 3.10. The molecule has 128 valence electrons. The van der Waals surface area contributed by atoms with Crippen molar-refractivity contribution < 1.29 is 4.79 Å². The molecular weight excluding hydrogens is 268 g/mol. The molecule has 0 aliphatic heterocycles. The average Bonchev–Trinajstić information content (AvgIpc) is 2.80. The lowest BCUT2D eigenvalue weighted by Gasteiger charge is -2.04. The molecule has 0 bridgehead atoms. The first kappa shape index (κ1) is 21.1. The summed E-state index contributed by atoms with van der Waals surface area (Å²) in [6.07, 6.45) is 14.6. The lowest BCUT2D eigenvalue weighted by atomic mass is 10.0. The van der Waals surface area contributed by atoms with Crippen LogP contribution in [0.2, 0.25) is 0 Å². The molecule has 0 radical (unpaired) electrons. The van der Waals surface area contributed by atoms with Crippen LogP contribution in [0.1, 0.15) is 92.9 Å². The third-order valence-electron chi connectivity index (χ3n) is 4.03. The van der Waals surface area contributed by atoms with Crippen LogP contribution in [0, 0.1) is 11.8 Å². The quantitative estimate of drug-likeness (QED) is 0.370. The van der Waals surface area contributed by atoms with Crippen molar-refractivity contribution in [3.8, 4) is 0 Å². The Hall–Kier alpha value is -0.850. The van der Waals surface area contributed by atoms with E-state index in [1.165, 1.54) is 49.7 Å². The summed E-state index contributed by atoms with van der Waals surface area (Å²) in [6.45, 7) is 12.6. The van der Waals surface area contributed by atoms with E-state index in [0.717, 1.165) is 24.7 Å². The van der Waals surface area contributed by atoms with Crippen molar-refractivity contribution >= 4 is 5.78 Å². The molecule has 1 saturated carbocycles. The van der Waals surface area contributed by atoms with E-state index in [9.17, 15) is 4.79 Å². The highest BCUT2D eigenvalue weighted by molar-refractivity contribution is 5.75. The van der Waals surface area contributed by atoms with Crippen LogP contribution in [0.5, 0.6) is 0 Å². The van der Waals surface area contributed by atoms with Crippen molar-refractivity contribution in [1.82, 2.24) is 0 Å². The largest absolute Gasteiger partial charge is 0.300 e. The minimum Gasteiger partial charge on any atom is -0.300 e. The van der Waals surface area contributed by atoms with Crippen LogP contribution >= 0.6 is 0 Å². The Morgan fingerprint density at radius 1 is 0.864 bits per heavy atom. The maximum atomic E-state index is 10.4. The van der Waals surface area contributed by atoms with Gasteiger partial charge >= 0.3 is 0 Å². The molecular formula is C21H38O. The van der Waals surface area contributed by atoms with Crippen molar-refractivity contribution in [2.45, 2.75) is 92.9 Å². The molecule has 0 aromatic heterocycles. The molecule has 1 fully saturated rings. The van der Waals surface area contributed by atoms with Crippen LogP contribution in [-0.2, 0) is 4.79 Å². The van der Waals surface area contributed by atoms with Crippen LogP contribution in [0.15, 0.2) is 23.3 Å². The molecule has 1 heteroatoms. The number of carbonyl (C=O) groups is 1. The van der Waals surface area contributed by atoms with Crippen LogP contribution in [-0.4, -0.2) is 5.78 Å². The molecule has 1 rings (SSSR count). The van der Waals surface area contributed by atoms with Crippen molar-refractivity contribution in [2.75, 3.05) is 0 Å². The van der Waals surface area contributed by atoms with E-state index in [-0.39, 0.29) is 0 Å². The summed E-state index contributed by atoms with van der Waals surface area (Å²) in [7, 11) is 0. The maximum absolute atomic E-state index is 10.4. The van der Waals surface area contributed by atoms with E-state index in [1.54, 1.807) is 6.92 Å². The number of Topliss-reactive ketones (excluding diaryl/α,β-unsaturated/α-hetero) is 1. The van der Waals surface area contributed by atoms with E-state index in [2.05, 4.69) is 46.8 Å². The summed E-state index contributed by atoms with van der Waals surface area (Å²) < 4.78 is 0. The van der Waals surface area contributed by atoms with E-state index in [0.29, 0.717) is 5.78 Å². The van der Waals surface area contributed by atoms with Crippen LogP contribution in [0.4, 0.5) is 0 Å². The Morgan fingerprint density at radius 3 is 1.73 bits per heavy atom. The van der Waals surface area contributed by atoms with Gasteiger partial charge in [0.25, 0.3) is 0 Å². The standard InChI is InChI=1S/C13H22.C8H16O/c1-10(2)7-12-5-6-13(9-12)8-11(3)4;1-3-4-5-6-7-8(2)9/h7-8,12-13H,5-6,9H2,1-4H3;3-7H2,1-2H3. The van der Waals surface area contributed by atoms with Gasteiger partial charge in [0.15, 0.2) is 0 Å². The fraction of sp³-hybridized carbons (Fsp3) is 0.762. The SMILES string of the molecule is CC(C)=CC1CCC(C=C(C)C)C1.CCCCCCC(C)=O. The first-order valence-electron chi connectivity index (χ1n) is 9.14. The zero-order valence-corrected chi connectivity index (χ0v) is 15.9. The van der Waals surface area contributed by atoms with Gasteiger partial charge in [-0.05, 0) is 72.1 Å². The molecule has 2 unspecified atom stereocenters. The summed E-state index contributed by atoms with van der Waals surface area (Å²) in [5, 5.41) is 0. The number of unbranched alkanes of at least 4 members (excludes halogenated alkanes) is 3. The number of hydrogen-bond acceptors (Lipinski definition) is 1. The Morgan fingerprint density at radius 2 is 1.36 bits per heavy atom. The van der Waals surface area contributed by atoms with Crippen LogP contribution in [0.25, 0.3) is 0 Å². The molecule has 1 nitrogen and oxygen atoms in total. The van der Waals surface area contributed by atoms with Gasteiger partial charge in [0.1, 0.15) is 5.78 Å². The number of rotatable bonds is 7. The Labute approximate surface area is 139 Å². The summed E-state index contributed by atoms with van der Waals surface area (Å²) in [6, 6.07) is 0. The second-order valence-corrected chi connectivity index (χ2v) is 7.33. The number of ketones is 1. The molecule has 0 amide bonds. The Bertz CT molecular complexity index is 330. The predicted molar refractivity (Wildman–Crippen MR) is 99.1 cm³/mol. The lowest BCUT2D eigenvalue weighted by Crippen LogP contribution is -1.91. The molecule has 1 aliphatic rings. The molecule has 2 atom stereocenters. The highest BCUT2D eigenvalue weighted by Crippen LogP contribution is 2.33. The summed E-state index contributed by atoms with van der Waals surface area (Å²) in [5.74, 6) is 2.03.